The lowest BCUT2D eigenvalue weighted by Gasteiger charge is -2.11. The summed E-state index contributed by atoms with van der Waals surface area (Å²) < 4.78 is 0. The fourth-order valence-corrected chi connectivity index (χ4v) is 1.25. The number of halogens is 1. The smallest absolute Gasteiger partial charge is 0.157 e. The van der Waals surface area contributed by atoms with Crippen LogP contribution in [0.3, 0.4) is 0 Å². The standard InChI is InChI=1S/C10H15NO2.ClH/c1-2-3-8(11)7-4-5-9(12)10(13)6-7;/h4-6,8,12-13H,2-3,11H2,1H3;1H/t8-;/m0./s1. The summed E-state index contributed by atoms with van der Waals surface area (Å²) in [6, 6.07) is 4.64. The fourth-order valence-electron chi connectivity index (χ4n) is 1.25. The van der Waals surface area contributed by atoms with Crippen LogP contribution >= 0.6 is 12.4 Å². The van der Waals surface area contributed by atoms with E-state index in [1.165, 1.54) is 12.1 Å². The number of hydrogen-bond acceptors (Lipinski definition) is 3. The molecule has 0 spiro atoms. The molecule has 4 N–H and O–H groups in total. The van der Waals surface area contributed by atoms with Crippen LogP contribution in [0.4, 0.5) is 0 Å². The molecule has 0 radical (unpaired) electrons. The average Bonchev–Trinajstić information content (AvgIpc) is 2.10. The van der Waals surface area contributed by atoms with Gasteiger partial charge in [0, 0.05) is 6.04 Å². The van der Waals surface area contributed by atoms with E-state index in [0.717, 1.165) is 18.4 Å². The van der Waals surface area contributed by atoms with Gasteiger partial charge in [-0.05, 0) is 24.1 Å². The van der Waals surface area contributed by atoms with Crippen molar-refractivity contribution >= 4 is 12.4 Å². The molecule has 80 valence electrons. The number of benzene rings is 1. The highest BCUT2D eigenvalue weighted by Crippen LogP contribution is 2.28. The van der Waals surface area contributed by atoms with Crippen molar-refractivity contribution in [1.29, 1.82) is 0 Å². The van der Waals surface area contributed by atoms with Crippen molar-refractivity contribution < 1.29 is 10.2 Å². The summed E-state index contributed by atoms with van der Waals surface area (Å²) in [6.07, 6.45) is 1.88. The molecule has 14 heavy (non-hydrogen) atoms. The maximum absolute atomic E-state index is 9.21. The third-order valence-electron chi connectivity index (χ3n) is 2.03. The Balaban J connectivity index is 0.00000169. The summed E-state index contributed by atoms with van der Waals surface area (Å²) >= 11 is 0. The number of rotatable bonds is 3. The van der Waals surface area contributed by atoms with Gasteiger partial charge in [-0.2, -0.15) is 0 Å². The molecule has 0 aliphatic heterocycles. The van der Waals surface area contributed by atoms with Crippen LogP contribution < -0.4 is 5.73 Å². The minimum atomic E-state index is -0.107. The predicted molar refractivity (Wildman–Crippen MR) is 58.9 cm³/mol. The third kappa shape index (κ3) is 3.09. The number of aromatic hydroxyl groups is 2. The summed E-state index contributed by atoms with van der Waals surface area (Å²) in [5.41, 5.74) is 6.69. The van der Waals surface area contributed by atoms with E-state index >= 15 is 0 Å². The molecule has 0 saturated heterocycles. The van der Waals surface area contributed by atoms with Crippen LogP contribution in [0.2, 0.25) is 0 Å². The Bertz CT molecular complexity index is 291. The maximum Gasteiger partial charge on any atom is 0.157 e. The van der Waals surface area contributed by atoms with E-state index in [4.69, 9.17) is 10.8 Å². The second-order valence-corrected chi connectivity index (χ2v) is 3.14. The molecule has 0 unspecified atom stereocenters. The number of phenols is 2. The van der Waals surface area contributed by atoms with Crippen molar-refractivity contribution in [3.05, 3.63) is 23.8 Å². The minimum Gasteiger partial charge on any atom is -0.504 e. The molecule has 1 aromatic carbocycles. The highest BCUT2D eigenvalue weighted by Gasteiger charge is 2.07. The van der Waals surface area contributed by atoms with Crippen molar-refractivity contribution in [1.82, 2.24) is 0 Å². The Kier molecular flexibility index (Phi) is 5.35. The summed E-state index contributed by atoms with van der Waals surface area (Å²) in [7, 11) is 0. The molecular weight excluding hydrogens is 202 g/mol. The Morgan fingerprint density at radius 3 is 2.43 bits per heavy atom. The van der Waals surface area contributed by atoms with Crippen LogP contribution in [0.15, 0.2) is 18.2 Å². The summed E-state index contributed by atoms with van der Waals surface area (Å²) in [5.74, 6) is -0.212. The average molecular weight is 218 g/mol. The maximum atomic E-state index is 9.21. The van der Waals surface area contributed by atoms with Crippen LogP contribution in [-0.4, -0.2) is 10.2 Å². The van der Waals surface area contributed by atoms with E-state index in [2.05, 4.69) is 6.92 Å². The highest BCUT2D eigenvalue weighted by atomic mass is 35.5. The van der Waals surface area contributed by atoms with Gasteiger partial charge in [0.25, 0.3) is 0 Å². The molecule has 0 fully saturated rings. The predicted octanol–water partition coefficient (Wildman–Crippen LogP) is 2.32. The number of phenolic OH excluding ortho intramolecular Hbond substituents is 2. The van der Waals surface area contributed by atoms with Gasteiger partial charge >= 0.3 is 0 Å². The molecule has 0 amide bonds. The van der Waals surface area contributed by atoms with E-state index < -0.39 is 0 Å². The zero-order valence-electron chi connectivity index (χ0n) is 8.10. The van der Waals surface area contributed by atoms with Crippen molar-refractivity contribution in [2.24, 2.45) is 5.73 Å². The SMILES string of the molecule is CCC[C@H](N)c1ccc(O)c(O)c1.Cl. The van der Waals surface area contributed by atoms with Gasteiger partial charge in [-0.15, -0.1) is 12.4 Å². The van der Waals surface area contributed by atoms with E-state index in [1.807, 2.05) is 0 Å². The first kappa shape index (κ1) is 13.1. The Labute approximate surface area is 90.0 Å². The first-order valence-corrected chi connectivity index (χ1v) is 4.42. The van der Waals surface area contributed by atoms with Crippen LogP contribution in [0.1, 0.15) is 31.4 Å². The van der Waals surface area contributed by atoms with E-state index in [0.29, 0.717) is 0 Å². The lowest BCUT2D eigenvalue weighted by Crippen LogP contribution is -2.09. The van der Waals surface area contributed by atoms with Crippen LogP contribution in [0.5, 0.6) is 11.5 Å². The van der Waals surface area contributed by atoms with Crippen LogP contribution in [0, 0.1) is 0 Å². The Hall–Kier alpha value is -0.930. The second-order valence-electron chi connectivity index (χ2n) is 3.14. The zero-order chi connectivity index (χ0) is 9.84. The topological polar surface area (TPSA) is 66.5 Å². The first-order chi connectivity index (χ1) is 6.15. The van der Waals surface area contributed by atoms with E-state index in [1.54, 1.807) is 6.07 Å². The van der Waals surface area contributed by atoms with Gasteiger partial charge < -0.3 is 15.9 Å². The third-order valence-corrected chi connectivity index (χ3v) is 2.03. The quantitative estimate of drug-likeness (QED) is 0.681. The minimum absolute atomic E-state index is 0. The Morgan fingerprint density at radius 1 is 1.29 bits per heavy atom. The van der Waals surface area contributed by atoms with Crippen LogP contribution in [-0.2, 0) is 0 Å². The zero-order valence-corrected chi connectivity index (χ0v) is 8.92. The van der Waals surface area contributed by atoms with Crippen molar-refractivity contribution in [2.45, 2.75) is 25.8 Å². The van der Waals surface area contributed by atoms with Gasteiger partial charge in [-0.3, -0.25) is 0 Å². The first-order valence-electron chi connectivity index (χ1n) is 4.42. The molecule has 1 atom stereocenters. The van der Waals surface area contributed by atoms with Gasteiger partial charge in [-0.1, -0.05) is 19.4 Å². The van der Waals surface area contributed by atoms with Gasteiger partial charge in [-0.25, -0.2) is 0 Å². The van der Waals surface area contributed by atoms with Crippen molar-refractivity contribution in [2.75, 3.05) is 0 Å². The normalized spacial score (nSPS) is 11.9. The molecule has 0 heterocycles. The molecule has 0 bridgehead atoms. The van der Waals surface area contributed by atoms with E-state index in [-0.39, 0.29) is 29.9 Å². The van der Waals surface area contributed by atoms with Crippen LogP contribution in [0.25, 0.3) is 0 Å². The molecule has 0 aliphatic carbocycles. The molecule has 4 heteroatoms. The molecule has 0 aliphatic rings. The lowest BCUT2D eigenvalue weighted by atomic mass is 10.0. The summed E-state index contributed by atoms with van der Waals surface area (Å²) in [4.78, 5) is 0. The Morgan fingerprint density at radius 2 is 1.93 bits per heavy atom. The van der Waals surface area contributed by atoms with Gasteiger partial charge in [0.15, 0.2) is 11.5 Å². The highest BCUT2D eigenvalue weighted by molar-refractivity contribution is 5.85. The monoisotopic (exact) mass is 217 g/mol. The number of hydrogen-bond donors (Lipinski definition) is 3. The van der Waals surface area contributed by atoms with Gasteiger partial charge in [0.2, 0.25) is 0 Å². The largest absolute Gasteiger partial charge is 0.504 e. The molecule has 0 saturated carbocycles. The molecule has 3 nitrogen and oxygen atoms in total. The molecular formula is C10H16ClNO2. The van der Waals surface area contributed by atoms with Crippen molar-refractivity contribution in [3.8, 4) is 11.5 Å². The molecule has 1 aromatic rings. The molecule has 1 rings (SSSR count). The van der Waals surface area contributed by atoms with Gasteiger partial charge in [0.1, 0.15) is 0 Å². The van der Waals surface area contributed by atoms with Gasteiger partial charge in [0.05, 0.1) is 0 Å². The summed E-state index contributed by atoms with van der Waals surface area (Å²) in [6.45, 7) is 2.06. The van der Waals surface area contributed by atoms with Crippen molar-refractivity contribution in [3.63, 3.8) is 0 Å². The lowest BCUT2D eigenvalue weighted by molar-refractivity contribution is 0.402. The fraction of sp³-hybridized carbons (Fsp3) is 0.400. The van der Waals surface area contributed by atoms with E-state index in [9.17, 15) is 5.11 Å². The summed E-state index contributed by atoms with van der Waals surface area (Å²) in [5, 5.41) is 18.3. The number of nitrogens with two attached hydrogens (primary N) is 1. The molecule has 0 aromatic heterocycles. The second kappa shape index (κ2) is 5.73.